The van der Waals surface area contributed by atoms with Crippen molar-refractivity contribution in [2.45, 2.75) is 32.4 Å². The molecule has 1 N–H and O–H groups in total. The number of benzene rings is 1. The number of aromatic nitrogens is 1. The number of rotatable bonds is 5. The molecule has 0 aliphatic carbocycles. The van der Waals surface area contributed by atoms with Crippen LogP contribution in [0.15, 0.2) is 30.3 Å². The predicted octanol–water partition coefficient (Wildman–Crippen LogP) is 2.53. The van der Waals surface area contributed by atoms with Crippen LogP contribution in [-0.2, 0) is 6.54 Å². The second-order valence-corrected chi connectivity index (χ2v) is 7.33. The number of β-amino-alcohol motifs (C(OH)–C–C–N with tert-alkyl or cyclic N) is 1. The number of hydrogen-bond acceptors (Lipinski definition) is 5. The average molecular weight is 385 g/mol. The number of fused-ring (bicyclic) bond motifs is 1. The molecular weight excluding hydrogens is 361 g/mol. The Hall–Kier alpha value is -2.67. The van der Waals surface area contributed by atoms with Gasteiger partial charge in [-0.05, 0) is 42.8 Å². The van der Waals surface area contributed by atoms with Gasteiger partial charge in [-0.3, -0.25) is 4.79 Å². The van der Waals surface area contributed by atoms with E-state index in [1.165, 1.54) is 12.1 Å². The zero-order chi connectivity index (χ0) is 19.7. The van der Waals surface area contributed by atoms with Crippen molar-refractivity contribution in [1.29, 1.82) is 0 Å². The minimum atomic E-state index is -0.267. The van der Waals surface area contributed by atoms with Gasteiger partial charge in [0.2, 0.25) is 0 Å². The molecule has 0 bridgehead atoms. The maximum atomic E-state index is 13.0. The van der Waals surface area contributed by atoms with Gasteiger partial charge in [0.15, 0.2) is 0 Å². The Bertz CT molecular complexity index is 864. The van der Waals surface area contributed by atoms with Crippen molar-refractivity contribution in [3.8, 4) is 5.75 Å². The summed E-state index contributed by atoms with van der Waals surface area (Å²) in [6, 6.07) is 8.04. The number of aliphatic hydroxyl groups is 1. The molecule has 6 nitrogen and oxygen atoms in total. The van der Waals surface area contributed by atoms with E-state index in [4.69, 9.17) is 14.8 Å². The molecule has 0 atom stereocenters. The lowest BCUT2D eigenvalue weighted by Gasteiger charge is -2.34. The molecule has 1 amide bonds. The van der Waals surface area contributed by atoms with E-state index in [0.717, 1.165) is 43.0 Å². The normalized spacial score (nSPS) is 17.2. The van der Waals surface area contributed by atoms with Crippen LogP contribution in [0.2, 0.25) is 0 Å². The molecule has 2 aliphatic rings. The molecule has 2 aromatic rings. The van der Waals surface area contributed by atoms with Crippen molar-refractivity contribution in [2.24, 2.45) is 0 Å². The average Bonchev–Trinajstić information content (AvgIpc) is 2.99. The quantitative estimate of drug-likeness (QED) is 0.857. The molecule has 148 valence electrons. The van der Waals surface area contributed by atoms with Gasteiger partial charge in [-0.2, -0.15) is 0 Å². The van der Waals surface area contributed by atoms with Crippen LogP contribution in [-0.4, -0.2) is 53.2 Å². The first-order chi connectivity index (χ1) is 13.5. The van der Waals surface area contributed by atoms with E-state index in [1.54, 1.807) is 17.0 Å². The standard InChI is InChI=1S/C21H24FN3O3/c1-14-12-18-19(13-25(10-11-26)21(18)27)23-20(14)24-8-6-17(7-9-24)28-16-4-2-15(22)3-5-16/h2-5,12,17,26H,6-11,13H2,1H3. The van der Waals surface area contributed by atoms with E-state index < -0.39 is 0 Å². The molecule has 4 rings (SSSR count). The van der Waals surface area contributed by atoms with Crippen LogP contribution in [0.4, 0.5) is 10.2 Å². The number of aryl methyl sites for hydroxylation is 1. The van der Waals surface area contributed by atoms with Crippen LogP contribution in [0.25, 0.3) is 0 Å². The van der Waals surface area contributed by atoms with Gasteiger partial charge in [0, 0.05) is 32.5 Å². The number of nitrogens with zero attached hydrogens (tertiary/aromatic N) is 3. The summed E-state index contributed by atoms with van der Waals surface area (Å²) in [5, 5.41) is 9.13. The highest BCUT2D eigenvalue weighted by Gasteiger charge is 2.31. The van der Waals surface area contributed by atoms with Gasteiger partial charge in [-0.25, -0.2) is 9.37 Å². The van der Waals surface area contributed by atoms with Crippen molar-refractivity contribution in [2.75, 3.05) is 31.1 Å². The number of carbonyl (C=O) groups excluding carboxylic acids is 1. The summed E-state index contributed by atoms with van der Waals surface area (Å²) >= 11 is 0. The van der Waals surface area contributed by atoms with Gasteiger partial charge in [0.1, 0.15) is 23.5 Å². The number of amides is 1. The summed E-state index contributed by atoms with van der Waals surface area (Å²) < 4.78 is 19.0. The number of pyridine rings is 1. The first kappa shape index (κ1) is 18.7. The Morgan fingerprint density at radius 1 is 1.25 bits per heavy atom. The largest absolute Gasteiger partial charge is 0.490 e. The number of hydrogen-bond donors (Lipinski definition) is 1. The minimum absolute atomic E-state index is 0.0485. The third-order valence-electron chi connectivity index (χ3n) is 5.35. The molecule has 28 heavy (non-hydrogen) atoms. The Labute approximate surface area is 163 Å². The van der Waals surface area contributed by atoms with Crippen molar-refractivity contribution in [3.63, 3.8) is 0 Å². The van der Waals surface area contributed by atoms with Crippen LogP contribution >= 0.6 is 0 Å². The molecule has 3 heterocycles. The summed E-state index contributed by atoms with van der Waals surface area (Å²) in [5.41, 5.74) is 2.41. The zero-order valence-electron chi connectivity index (χ0n) is 15.9. The molecule has 0 radical (unpaired) electrons. The molecule has 0 unspecified atom stereocenters. The van der Waals surface area contributed by atoms with Gasteiger partial charge < -0.3 is 19.6 Å². The van der Waals surface area contributed by atoms with E-state index in [1.807, 2.05) is 13.0 Å². The summed E-state index contributed by atoms with van der Waals surface area (Å²) in [4.78, 5) is 21.0. The van der Waals surface area contributed by atoms with Gasteiger partial charge >= 0.3 is 0 Å². The fourth-order valence-corrected chi connectivity index (χ4v) is 3.88. The highest BCUT2D eigenvalue weighted by Crippen LogP contribution is 2.29. The second kappa shape index (κ2) is 7.75. The molecule has 0 saturated carbocycles. The summed E-state index contributed by atoms with van der Waals surface area (Å²) in [6.45, 7) is 4.33. The minimum Gasteiger partial charge on any atom is -0.490 e. The Morgan fingerprint density at radius 3 is 2.64 bits per heavy atom. The topological polar surface area (TPSA) is 65.9 Å². The molecular formula is C21H24FN3O3. The Morgan fingerprint density at radius 2 is 1.96 bits per heavy atom. The van der Waals surface area contributed by atoms with E-state index >= 15 is 0 Å². The second-order valence-electron chi connectivity index (χ2n) is 7.33. The van der Waals surface area contributed by atoms with Gasteiger partial charge in [-0.1, -0.05) is 0 Å². The molecule has 1 saturated heterocycles. The monoisotopic (exact) mass is 385 g/mol. The van der Waals surface area contributed by atoms with Gasteiger partial charge in [0.05, 0.1) is 24.4 Å². The SMILES string of the molecule is Cc1cc2c(nc1N1CCC(Oc3ccc(F)cc3)CC1)CN(CCO)C2=O. The number of piperidine rings is 1. The summed E-state index contributed by atoms with van der Waals surface area (Å²) in [5.74, 6) is 1.28. The van der Waals surface area contributed by atoms with E-state index in [2.05, 4.69) is 4.90 Å². The Balaban J connectivity index is 1.42. The van der Waals surface area contributed by atoms with E-state index in [9.17, 15) is 9.18 Å². The van der Waals surface area contributed by atoms with Crippen LogP contribution in [0.5, 0.6) is 5.75 Å². The summed E-state index contributed by atoms with van der Waals surface area (Å²) in [7, 11) is 0. The fourth-order valence-electron chi connectivity index (χ4n) is 3.88. The lowest BCUT2D eigenvalue weighted by Crippen LogP contribution is -2.39. The molecule has 1 aromatic carbocycles. The van der Waals surface area contributed by atoms with E-state index in [-0.39, 0.29) is 24.4 Å². The fraction of sp³-hybridized carbons (Fsp3) is 0.429. The number of aliphatic hydroxyl groups excluding tert-OH is 1. The molecule has 1 fully saturated rings. The predicted molar refractivity (Wildman–Crippen MR) is 103 cm³/mol. The van der Waals surface area contributed by atoms with Crippen LogP contribution in [0.3, 0.4) is 0 Å². The zero-order valence-corrected chi connectivity index (χ0v) is 15.9. The molecule has 7 heteroatoms. The first-order valence-electron chi connectivity index (χ1n) is 9.63. The molecule has 1 aromatic heterocycles. The highest BCUT2D eigenvalue weighted by molar-refractivity contribution is 5.98. The van der Waals surface area contributed by atoms with Crippen LogP contribution in [0, 0.1) is 12.7 Å². The van der Waals surface area contributed by atoms with Crippen LogP contribution in [0.1, 0.15) is 34.5 Å². The smallest absolute Gasteiger partial charge is 0.256 e. The summed E-state index contributed by atoms with van der Waals surface area (Å²) in [6.07, 6.45) is 1.80. The van der Waals surface area contributed by atoms with Crippen molar-refractivity contribution >= 4 is 11.7 Å². The third-order valence-corrected chi connectivity index (χ3v) is 5.35. The number of ether oxygens (including phenoxy) is 1. The Kier molecular flexibility index (Phi) is 5.17. The van der Waals surface area contributed by atoms with Crippen LogP contribution < -0.4 is 9.64 Å². The highest BCUT2D eigenvalue weighted by atomic mass is 19.1. The first-order valence-corrected chi connectivity index (χ1v) is 9.63. The lowest BCUT2D eigenvalue weighted by atomic mass is 10.1. The number of anilines is 1. The molecule has 0 spiro atoms. The third kappa shape index (κ3) is 3.67. The number of halogens is 1. The maximum absolute atomic E-state index is 13.0. The number of carbonyl (C=O) groups is 1. The van der Waals surface area contributed by atoms with E-state index in [0.29, 0.717) is 24.4 Å². The van der Waals surface area contributed by atoms with Crippen molar-refractivity contribution in [3.05, 3.63) is 53.0 Å². The van der Waals surface area contributed by atoms with Crippen molar-refractivity contribution < 1.29 is 19.0 Å². The van der Waals surface area contributed by atoms with Gasteiger partial charge in [-0.15, -0.1) is 0 Å². The maximum Gasteiger partial charge on any atom is 0.256 e. The van der Waals surface area contributed by atoms with Crippen molar-refractivity contribution in [1.82, 2.24) is 9.88 Å². The lowest BCUT2D eigenvalue weighted by molar-refractivity contribution is 0.0745. The molecule has 2 aliphatic heterocycles. The van der Waals surface area contributed by atoms with Gasteiger partial charge in [0.25, 0.3) is 5.91 Å².